The average Bonchev–Trinajstić information content (AvgIpc) is 2.61. The van der Waals surface area contributed by atoms with Crippen LogP contribution in [0.25, 0.3) is 0 Å². The van der Waals surface area contributed by atoms with E-state index in [2.05, 4.69) is 15.0 Å². The Hall–Kier alpha value is -1.53. The molecule has 0 aromatic heterocycles. The monoisotopic (exact) mass is 260 g/mol. The SMILES string of the molecule is Oc1ccc(C2(OC(F)F)N=NC=C2Cl)cc1. The topological polar surface area (TPSA) is 54.2 Å². The van der Waals surface area contributed by atoms with Crippen LogP contribution >= 0.6 is 11.6 Å². The lowest BCUT2D eigenvalue weighted by Gasteiger charge is -2.25. The van der Waals surface area contributed by atoms with Crippen molar-refractivity contribution in [3.8, 4) is 5.75 Å². The molecule has 2 rings (SSSR count). The first-order valence-electron chi connectivity index (χ1n) is 4.58. The molecule has 1 unspecified atom stereocenters. The molecular formula is C10H7ClF2N2O2. The second kappa shape index (κ2) is 4.38. The third kappa shape index (κ3) is 2.13. The maximum Gasteiger partial charge on any atom is 0.347 e. The van der Waals surface area contributed by atoms with E-state index in [4.69, 9.17) is 16.7 Å². The third-order valence-electron chi connectivity index (χ3n) is 2.21. The molecule has 0 aliphatic carbocycles. The van der Waals surface area contributed by atoms with Crippen molar-refractivity contribution in [2.24, 2.45) is 10.2 Å². The molecule has 90 valence electrons. The first kappa shape index (κ1) is 11.9. The molecule has 7 heteroatoms. The van der Waals surface area contributed by atoms with Gasteiger partial charge in [-0.25, -0.2) is 0 Å². The number of nitrogens with zero attached hydrogens (tertiary/aromatic N) is 2. The van der Waals surface area contributed by atoms with Gasteiger partial charge >= 0.3 is 6.61 Å². The Labute approximate surface area is 100 Å². The molecule has 0 fully saturated rings. The zero-order chi connectivity index (χ0) is 12.5. The van der Waals surface area contributed by atoms with Crippen LogP contribution < -0.4 is 0 Å². The minimum atomic E-state index is -3.05. The predicted molar refractivity (Wildman–Crippen MR) is 55.7 cm³/mol. The maximum atomic E-state index is 12.4. The summed E-state index contributed by atoms with van der Waals surface area (Å²) in [5, 5.41) is 16.2. The van der Waals surface area contributed by atoms with E-state index in [1.54, 1.807) is 0 Å². The van der Waals surface area contributed by atoms with Gasteiger partial charge in [0.2, 0.25) is 5.72 Å². The summed E-state index contributed by atoms with van der Waals surface area (Å²) in [7, 11) is 0. The van der Waals surface area contributed by atoms with Gasteiger partial charge in [0.25, 0.3) is 0 Å². The fourth-order valence-electron chi connectivity index (χ4n) is 1.46. The van der Waals surface area contributed by atoms with E-state index in [1.165, 1.54) is 24.3 Å². The average molecular weight is 261 g/mol. The van der Waals surface area contributed by atoms with Crippen molar-refractivity contribution in [3.05, 3.63) is 41.1 Å². The molecule has 1 aromatic carbocycles. The molecule has 4 nitrogen and oxygen atoms in total. The summed E-state index contributed by atoms with van der Waals surface area (Å²) in [5.74, 6) is -0.00372. The van der Waals surface area contributed by atoms with E-state index >= 15 is 0 Å². The zero-order valence-corrected chi connectivity index (χ0v) is 9.10. The van der Waals surface area contributed by atoms with Crippen LogP contribution in [0.3, 0.4) is 0 Å². The molecular weight excluding hydrogens is 254 g/mol. The maximum absolute atomic E-state index is 12.4. The number of alkyl halides is 2. The molecule has 1 atom stereocenters. The molecule has 1 aromatic rings. The largest absolute Gasteiger partial charge is 0.508 e. The second-order valence-corrected chi connectivity index (χ2v) is 3.67. The van der Waals surface area contributed by atoms with Crippen molar-refractivity contribution >= 4 is 11.6 Å². The number of halogens is 3. The molecule has 1 aliphatic heterocycles. The van der Waals surface area contributed by atoms with Gasteiger partial charge in [-0.1, -0.05) is 23.7 Å². The van der Waals surface area contributed by atoms with Gasteiger partial charge in [-0.3, -0.25) is 4.74 Å². The number of phenols is 1. The summed E-state index contributed by atoms with van der Waals surface area (Å²) in [6, 6.07) is 5.42. The van der Waals surface area contributed by atoms with Crippen LogP contribution in [0.4, 0.5) is 8.78 Å². The number of rotatable bonds is 3. The Bertz CT molecular complexity index is 476. The molecule has 0 spiro atoms. The Morgan fingerprint density at radius 2 is 1.94 bits per heavy atom. The zero-order valence-electron chi connectivity index (χ0n) is 8.35. The van der Waals surface area contributed by atoms with Gasteiger partial charge in [-0.05, 0) is 12.1 Å². The van der Waals surface area contributed by atoms with Crippen LogP contribution in [0.15, 0.2) is 45.7 Å². The van der Waals surface area contributed by atoms with Gasteiger partial charge in [-0.15, -0.1) is 5.11 Å². The van der Waals surface area contributed by atoms with E-state index in [1.807, 2.05) is 0 Å². The number of hydrogen-bond donors (Lipinski definition) is 1. The van der Waals surface area contributed by atoms with Crippen molar-refractivity contribution in [1.82, 2.24) is 0 Å². The molecule has 0 saturated heterocycles. The Balaban J connectivity index is 2.44. The summed E-state index contributed by atoms with van der Waals surface area (Å²) >= 11 is 5.81. The van der Waals surface area contributed by atoms with E-state index in [0.29, 0.717) is 0 Å². The van der Waals surface area contributed by atoms with Crippen LogP contribution in [-0.4, -0.2) is 11.7 Å². The third-order valence-corrected chi connectivity index (χ3v) is 2.57. The van der Waals surface area contributed by atoms with Crippen molar-refractivity contribution in [2.45, 2.75) is 12.3 Å². The van der Waals surface area contributed by atoms with Gasteiger partial charge in [0.1, 0.15) is 5.75 Å². The Morgan fingerprint density at radius 3 is 2.41 bits per heavy atom. The lowest BCUT2D eigenvalue weighted by atomic mass is 10.0. The normalized spacial score (nSPS) is 23.2. The lowest BCUT2D eigenvalue weighted by Crippen LogP contribution is -2.28. The predicted octanol–water partition coefficient (Wildman–Crippen LogP) is 3.33. The highest BCUT2D eigenvalue weighted by atomic mass is 35.5. The van der Waals surface area contributed by atoms with Crippen molar-refractivity contribution in [2.75, 3.05) is 0 Å². The summed E-state index contributed by atoms with van der Waals surface area (Å²) < 4.78 is 29.3. The molecule has 0 saturated carbocycles. The minimum absolute atomic E-state index is 0.00372. The van der Waals surface area contributed by atoms with Gasteiger partial charge in [0, 0.05) is 5.56 Å². The Morgan fingerprint density at radius 1 is 1.29 bits per heavy atom. The molecule has 1 aliphatic rings. The highest BCUT2D eigenvalue weighted by Crippen LogP contribution is 2.42. The van der Waals surface area contributed by atoms with Crippen LogP contribution in [0.2, 0.25) is 0 Å². The molecule has 1 heterocycles. The van der Waals surface area contributed by atoms with E-state index < -0.39 is 12.3 Å². The van der Waals surface area contributed by atoms with Crippen LogP contribution in [0.5, 0.6) is 5.75 Å². The minimum Gasteiger partial charge on any atom is -0.508 e. The highest BCUT2D eigenvalue weighted by Gasteiger charge is 2.42. The van der Waals surface area contributed by atoms with Gasteiger partial charge < -0.3 is 5.11 Å². The van der Waals surface area contributed by atoms with Crippen molar-refractivity contribution < 1.29 is 18.6 Å². The van der Waals surface area contributed by atoms with Gasteiger partial charge in [0.15, 0.2) is 0 Å². The van der Waals surface area contributed by atoms with E-state index in [9.17, 15) is 8.78 Å². The molecule has 0 bridgehead atoms. The number of ether oxygens (including phenoxy) is 1. The number of aromatic hydroxyl groups is 1. The summed E-state index contributed by atoms with van der Waals surface area (Å²) in [6.07, 6.45) is 1.14. The first-order chi connectivity index (χ1) is 8.04. The molecule has 0 radical (unpaired) electrons. The van der Waals surface area contributed by atoms with Crippen LogP contribution in [0, 0.1) is 0 Å². The highest BCUT2D eigenvalue weighted by molar-refractivity contribution is 6.30. The number of benzene rings is 1. The fraction of sp³-hybridized carbons (Fsp3) is 0.200. The van der Waals surface area contributed by atoms with E-state index in [0.717, 1.165) is 6.20 Å². The van der Waals surface area contributed by atoms with Gasteiger partial charge in [-0.2, -0.15) is 13.9 Å². The summed E-state index contributed by atoms with van der Waals surface area (Å²) in [4.78, 5) is 0. The standard InChI is InChI=1S/C10H7ClF2N2O2/c11-8-5-14-15-10(8,17-9(12)13)6-1-3-7(16)4-2-6/h1-5,9,16H. The number of azo groups is 1. The van der Waals surface area contributed by atoms with Gasteiger partial charge in [0.05, 0.1) is 11.2 Å². The molecule has 17 heavy (non-hydrogen) atoms. The van der Waals surface area contributed by atoms with Crippen molar-refractivity contribution in [3.63, 3.8) is 0 Å². The van der Waals surface area contributed by atoms with Crippen LogP contribution in [0.1, 0.15) is 5.56 Å². The van der Waals surface area contributed by atoms with Crippen LogP contribution in [-0.2, 0) is 10.5 Å². The second-order valence-electron chi connectivity index (χ2n) is 3.26. The molecule has 1 N–H and O–H groups in total. The smallest absolute Gasteiger partial charge is 0.347 e. The van der Waals surface area contributed by atoms with E-state index in [-0.39, 0.29) is 16.3 Å². The molecule has 0 amide bonds. The quantitative estimate of drug-likeness (QED) is 0.906. The number of hydrogen-bond acceptors (Lipinski definition) is 4. The fourth-order valence-corrected chi connectivity index (χ4v) is 1.69. The summed E-state index contributed by atoms with van der Waals surface area (Å²) in [6.45, 7) is -3.05. The first-order valence-corrected chi connectivity index (χ1v) is 4.96. The summed E-state index contributed by atoms with van der Waals surface area (Å²) in [5.41, 5.74) is -1.55. The van der Waals surface area contributed by atoms with Crippen molar-refractivity contribution in [1.29, 1.82) is 0 Å². The lowest BCUT2D eigenvalue weighted by molar-refractivity contribution is -0.195. The number of phenolic OH excluding ortho intramolecular Hbond substituents is 1. The Kier molecular flexibility index (Phi) is 3.08.